The average molecular weight is 183 g/mol. The normalized spacial score (nSPS) is 13.2. The third-order valence-electron chi connectivity index (χ3n) is 2.20. The van der Waals surface area contributed by atoms with Gasteiger partial charge in [0.25, 0.3) is 0 Å². The number of ether oxygens (including phenoxy) is 1. The van der Waals surface area contributed by atoms with Crippen LogP contribution in [0.1, 0.15) is 24.9 Å². The molecule has 0 saturated carbocycles. The van der Waals surface area contributed by atoms with Gasteiger partial charge in [-0.3, -0.25) is 0 Å². The van der Waals surface area contributed by atoms with Gasteiger partial charge < -0.3 is 10.5 Å². The Kier molecular flexibility index (Phi) is 3.31. The molecule has 1 atom stereocenters. The minimum Gasteiger partial charge on any atom is -0.384 e. The number of aromatic nitrogens is 2. The lowest BCUT2D eigenvalue weighted by Gasteiger charge is -2.15. The van der Waals surface area contributed by atoms with E-state index in [4.69, 9.17) is 10.5 Å². The molecule has 4 nitrogen and oxygen atoms in total. The molecule has 0 spiro atoms. The highest BCUT2D eigenvalue weighted by atomic mass is 16.5. The molecule has 74 valence electrons. The van der Waals surface area contributed by atoms with Crippen LogP contribution in [0.25, 0.3) is 0 Å². The molecule has 13 heavy (non-hydrogen) atoms. The largest absolute Gasteiger partial charge is 0.384 e. The lowest BCUT2D eigenvalue weighted by molar-refractivity contribution is 0.148. The molecule has 0 radical (unpaired) electrons. The third kappa shape index (κ3) is 2.01. The van der Waals surface area contributed by atoms with Crippen LogP contribution in [0, 0.1) is 6.92 Å². The molecule has 4 heteroatoms. The molecule has 0 aliphatic rings. The predicted octanol–water partition coefficient (Wildman–Crippen LogP) is 1.37. The summed E-state index contributed by atoms with van der Waals surface area (Å²) in [6, 6.07) is 0.249. The van der Waals surface area contributed by atoms with E-state index in [0.29, 0.717) is 6.61 Å². The Hall–Kier alpha value is -1.03. The van der Waals surface area contributed by atoms with Gasteiger partial charge in [-0.2, -0.15) is 5.10 Å². The van der Waals surface area contributed by atoms with Crippen molar-refractivity contribution >= 4 is 5.82 Å². The first-order chi connectivity index (χ1) is 6.20. The third-order valence-corrected chi connectivity index (χ3v) is 2.20. The molecular formula is C9H17N3O. The summed E-state index contributed by atoms with van der Waals surface area (Å²) in [5.74, 6) is 0.740. The minimum absolute atomic E-state index is 0.249. The molecule has 0 aliphatic heterocycles. The quantitative estimate of drug-likeness (QED) is 0.767. The maximum absolute atomic E-state index is 5.85. The van der Waals surface area contributed by atoms with Crippen LogP contribution in [0.5, 0.6) is 0 Å². The van der Waals surface area contributed by atoms with E-state index in [-0.39, 0.29) is 6.04 Å². The topological polar surface area (TPSA) is 53.1 Å². The van der Waals surface area contributed by atoms with Crippen molar-refractivity contribution < 1.29 is 4.74 Å². The van der Waals surface area contributed by atoms with Crippen molar-refractivity contribution in [3.8, 4) is 0 Å². The molecule has 0 aliphatic carbocycles. The van der Waals surface area contributed by atoms with Crippen LogP contribution < -0.4 is 5.73 Å². The van der Waals surface area contributed by atoms with E-state index >= 15 is 0 Å². The second-order valence-corrected chi connectivity index (χ2v) is 3.17. The predicted molar refractivity (Wildman–Crippen MR) is 52.6 cm³/mol. The van der Waals surface area contributed by atoms with E-state index in [2.05, 4.69) is 12.0 Å². The number of nitrogen functional groups attached to an aromatic ring is 1. The highest BCUT2D eigenvalue weighted by molar-refractivity contribution is 5.37. The molecule has 1 rings (SSSR count). The van der Waals surface area contributed by atoms with Gasteiger partial charge in [-0.25, -0.2) is 4.68 Å². The molecule has 0 fully saturated rings. The van der Waals surface area contributed by atoms with E-state index in [9.17, 15) is 0 Å². The molecule has 1 aromatic rings. The zero-order chi connectivity index (χ0) is 9.84. The van der Waals surface area contributed by atoms with Gasteiger partial charge in [-0.15, -0.1) is 0 Å². The second kappa shape index (κ2) is 4.28. The molecule has 2 N–H and O–H groups in total. The first kappa shape index (κ1) is 10.1. The van der Waals surface area contributed by atoms with E-state index < -0.39 is 0 Å². The van der Waals surface area contributed by atoms with Crippen molar-refractivity contribution in [3.05, 3.63) is 11.8 Å². The highest BCUT2D eigenvalue weighted by Crippen LogP contribution is 2.18. The number of anilines is 1. The lowest BCUT2D eigenvalue weighted by atomic mass is 10.2. The number of nitrogens with two attached hydrogens (primary N) is 1. The zero-order valence-corrected chi connectivity index (χ0v) is 8.45. The number of hydrogen-bond acceptors (Lipinski definition) is 3. The van der Waals surface area contributed by atoms with Crippen molar-refractivity contribution in [1.82, 2.24) is 9.78 Å². The van der Waals surface area contributed by atoms with Gasteiger partial charge in [0, 0.05) is 12.7 Å². The SMILES string of the molecule is CCC(COC)n1ncc(C)c1N. The van der Waals surface area contributed by atoms with Crippen LogP contribution in [0.3, 0.4) is 0 Å². The fourth-order valence-corrected chi connectivity index (χ4v) is 1.30. The summed E-state index contributed by atoms with van der Waals surface area (Å²) in [5.41, 5.74) is 6.88. The maximum atomic E-state index is 5.85. The Bertz CT molecular complexity index is 270. The van der Waals surface area contributed by atoms with Gasteiger partial charge in [-0.05, 0) is 13.3 Å². The van der Waals surface area contributed by atoms with Crippen LogP contribution in [-0.2, 0) is 4.74 Å². The molecule has 0 amide bonds. The van der Waals surface area contributed by atoms with Crippen molar-refractivity contribution in [2.75, 3.05) is 19.5 Å². The summed E-state index contributed by atoms with van der Waals surface area (Å²) in [6.45, 7) is 4.71. The number of aryl methyl sites for hydroxylation is 1. The van der Waals surface area contributed by atoms with Crippen LogP contribution in [0.15, 0.2) is 6.20 Å². The monoisotopic (exact) mass is 183 g/mol. The minimum atomic E-state index is 0.249. The summed E-state index contributed by atoms with van der Waals surface area (Å²) >= 11 is 0. The summed E-state index contributed by atoms with van der Waals surface area (Å²) in [4.78, 5) is 0. The van der Waals surface area contributed by atoms with Crippen molar-refractivity contribution in [2.45, 2.75) is 26.3 Å². The average Bonchev–Trinajstić information content (AvgIpc) is 2.45. The van der Waals surface area contributed by atoms with Gasteiger partial charge in [0.15, 0.2) is 0 Å². The van der Waals surface area contributed by atoms with Gasteiger partial charge >= 0.3 is 0 Å². The number of hydrogen-bond donors (Lipinski definition) is 1. The number of nitrogens with zero attached hydrogens (tertiary/aromatic N) is 2. The molecule has 1 heterocycles. The maximum Gasteiger partial charge on any atom is 0.125 e. The molecule has 0 aromatic carbocycles. The Morgan fingerprint density at radius 3 is 2.77 bits per heavy atom. The fraction of sp³-hybridized carbons (Fsp3) is 0.667. The molecule has 0 saturated heterocycles. The van der Waals surface area contributed by atoms with Crippen molar-refractivity contribution in [3.63, 3.8) is 0 Å². The molecule has 0 bridgehead atoms. The summed E-state index contributed by atoms with van der Waals surface area (Å²) in [6.07, 6.45) is 2.76. The van der Waals surface area contributed by atoms with Crippen LogP contribution in [-0.4, -0.2) is 23.5 Å². The molecular weight excluding hydrogens is 166 g/mol. The molecule has 1 aromatic heterocycles. The Labute approximate surface area is 78.7 Å². The smallest absolute Gasteiger partial charge is 0.125 e. The van der Waals surface area contributed by atoms with Crippen LogP contribution in [0.4, 0.5) is 5.82 Å². The summed E-state index contributed by atoms with van der Waals surface area (Å²) in [7, 11) is 1.69. The Balaban J connectivity index is 2.84. The fourth-order valence-electron chi connectivity index (χ4n) is 1.30. The standard InChI is InChI=1S/C9H17N3O/c1-4-8(6-13-3)12-9(10)7(2)5-11-12/h5,8H,4,6,10H2,1-3H3. The first-order valence-electron chi connectivity index (χ1n) is 4.49. The highest BCUT2D eigenvalue weighted by Gasteiger charge is 2.12. The number of methoxy groups -OCH3 is 1. The van der Waals surface area contributed by atoms with Crippen molar-refractivity contribution in [1.29, 1.82) is 0 Å². The lowest BCUT2D eigenvalue weighted by Crippen LogP contribution is -2.17. The second-order valence-electron chi connectivity index (χ2n) is 3.17. The van der Waals surface area contributed by atoms with E-state index in [1.165, 1.54) is 0 Å². The summed E-state index contributed by atoms with van der Waals surface area (Å²) in [5, 5.41) is 4.22. The van der Waals surface area contributed by atoms with E-state index in [1.807, 2.05) is 11.6 Å². The van der Waals surface area contributed by atoms with E-state index in [1.54, 1.807) is 13.3 Å². The van der Waals surface area contributed by atoms with Crippen LogP contribution in [0.2, 0.25) is 0 Å². The summed E-state index contributed by atoms with van der Waals surface area (Å²) < 4.78 is 6.93. The Morgan fingerprint density at radius 1 is 1.69 bits per heavy atom. The first-order valence-corrected chi connectivity index (χ1v) is 4.49. The van der Waals surface area contributed by atoms with Gasteiger partial charge in [0.1, 0.15) is 5.82 Å². The van der Waals surface area contributed by atoms with Gasteiger partial charge in [-0.1, -0.05) is 6.92 Å². The van der Waals surface area contributed by atoms with Gasteiger partial charge in [0.2, 0.25) is 0 Å². The van der Waals surface area contributed by atoms with Crippen LogP contribution >= 0.6 is 0 Å². The van der Waals surface area contributed by atoms with E-state index in [0.717, 1.165) is 17.8 Å². The number of rotatable bonds is 4. The van der Waals surface area contributed by atoms with Crippen molar-refractivity contribution in [2.24, 2.45) is 0 Å². The zero-order valence-electron chi connectivity index (χ0n) is 8.45. The Morgan fingerprint density at radius 2 is 2.38 bits per heavy atom. The molecule has 1 unspecified atom stereocenters. The van der Waals surface area contributed by atoms with Gasteiger partial charge in [0.05, 0.1) is 18.8 Å².